The molecule has 0 aromatic rings. The van der Waals surface area contributed by atoms with Gasteiger partial charge in [-0.25, -0.2) is 4.39 Å². The summed E-state index contributed by atoms with van der Waals surface area (Å²) < 4.78 is 12.8. The van der Waals surface area contributed by atoms with Crippen LogP contribution in [0.2, 0.25) is 0 Å². The highest BCUT2D eigenvalue weighted by molar-refractivity contribution is 5.91. The minimum atomic E-state index is -0.727. The lowest BCUT2D eigenvalue weighted by Gasteiger charge is -2.10. The molecule has 13 heavy (non-hydrogen) atoms. The van der Waals surface area contributed by atoms with E-state index < -0.39 is 11.7 Å². The quantitative estimate of drug-likeness (QED) is 0.687. The number of hydrogen-bond acceptors (Lipinski definition) is 2. The molecule has 5 heteroatoms. The molecule has 0 unspecified atom stereocenters. The zero-order valence-corrected chi connectivity index (χ0v) is 8.87. The molecule has 3 N–H and O–H groups in total. The summed E-state index contributed by atoms with van der Waals surface area (Å²) in [5.41, 5.74) is 5.62. The van der Waals surface area contributed by atoms with Crippen molar-refractivity contribution in [2.75, 3.05) is 6.54 Å². The Balaban J connectivity index is 0. The molecule has 1 atom stereocenters. The molecule has 78 valence electrons. The second-order valence-corrected chi connectivity index (χ2v) is 2.92. The summed E-state index contributed by atoms with van der Waals surface area (Å²) >= 11 is 0. The maximum atomic E-state index is 12.8. The molecule has 0 heterocycles. The second-order valence-electron chi connectivity index (χ2n) is 2.92. The van der Waals surface area contributed by atoms with E-state index in [1.165, 1.54) is 0 Å². The van der Waals surface area contributed by atoms with Gasteiger partial charge in [-0.05, 0) is 26.3 Å². The molecule has 0 rings (SSSR count). The Morgan fingerprint density at radius 3 is 2.31 bits per heavy atom. The van der Waals surface area contributed by atoms with Crippen LogP contribution in [0.1, 0.15) is 20.8 Å². The maximum Gasteiger partial charge on any atom is 0.280 e. The molecule has 0 aliphatic rings. The van der Waals surface area contributed by atoms with Gasteiger partial charge < -0.3 is 11.1 Å². The second kappa shape index (κ2) is 6.86. The molecule has 0 saturated carbocycles. The van der Waals surface area contributed by atoms with Crippen LogP contribution in [0, 0.1) is 0 Å². The van der Waals surface area contributed by atoms with Gasteiger partial charge in [-0.2, -0.15) is 0 Å². The van der Waals surface area contributed by atoms with Gasteiger partial charge in [0.25, 0.3) is 5.91 Å². The van der Waals surface area contributed by atoms with Crippen LogP contribution < -0.4 is 11.1 Å². The molecular weight excluding hydrogens is 195 g/mol. The number of carbonyl (C=O) groups is 1. The summed E-state index contributed by atoms with van der Waals surface area (Å²) in [6.45, 7) is 5.11. The summed E-state index contributed by atoms with van der Waals surface area (Å²) in [5.74, 6) is -1.41. The Kier molecular flexibility index (Phi) is 7.85. The van der Waals surface area contributed by atoms with Gasteiger partial charge >= 0.3 is 0 Å². The SMILES string of the molecule is CC(C)=C(F)C(=O)N[C@@H](C)CN.Cl. The fourth-order valence-corrected chi connectivity index (χ4v) is 0.573. The normalized spacial score (nSPS) is 11.2. The first-order valence-corrected chi connectivity index (χ1v) is 3.83. The summed E-state index contributed by atoms with van der Waals surface area (Å²) in [6, 6.07) is -0.192. The average Bonchev–Trinajstić information content (AvgIpc) is 2.02. The molecule has 0 radical (unpaired) electrons. The van der Waals surface area contributed by atoms with Crippen molar-refractivity contribution in [3.8, 4) is 0 Å². The predicted octanol–water partition coefficient (Wildman–Crippen LogP) is 1.14. The van der Waals surface area contributed by atoms with Crippen LogP contribution in [-0.4, -0.2) is 18.5 Å². The van der Waals surface area contributed by atoms with Gasteiger partial charge in [0.05, 0.1) is 0 Å². The number of nitrogens with two attached hydrogens (primary N) is 1. The fourth-order valence-electron chi connectivity index (χ4n) is 0.573. The molecule has 0 aliphatic heterocycles. The number of carbonyl (C=O) groups excluding carboxylic acids is 1. The smallest absolute Gasteiger partial charge is 0.280 e. The van der Waals surface area contributed by atoms with Gasteiger partial charge in [0.15, 0.2) is 5.83 Å². The molecular formula is C8H16ClFN2O. The Hall–Kier alpha value is -0.610. The minimum Gasteiger partial charge on any atom is -0.346 e. The third-order valence-electron chi connectivity index (χ3n) is 1.37. The van der Waals surface area contributed by atoms with E-state index in [1.54, 1.807) is 20.8 Å². The van der Waals surface area contributed by atoms with Crippen LogP contribution in [0.3, 0.4) is 0 Å². The lowest BCUT2D eigenvalue weighted by atomic mass is 10.2. The zero-order valence-electron chi connectivity index (χ0n) is 8.06. The number of nitrogens with one attached hydrogen (secondary N) is 1. The van der Waals surface area contributed by atoms with Crippen molar-refractivity contribution in [3.63, 3.8) is 0 Å². The standard InChI is InChI=1S/C8H15FN2O.ClH/c1-5(2)7(9)8(12)11-6(3)4-10;/h6H,4,10H2,1-3H3,(H,11,12);1H/t6-;/m0./s1. The number of allylic oxidation sites excluding steroid dienone is 1. The molecule has 0 aliphatic carbocycles. The van der Waals surface area contributed by atoms with Crippen LogP contribution in [0.5, 0.6) is 0 Å². The molecule has 1 amide bonds. The van der Waals surface area contributed by atoms with E-state index in [0.717, 1.165) is 0 Å². The van der Waals surface area contributed by atoms with E-state index >= 15 is 0 Å². The van der Waals surface area contributed by atoms with Crippen molar-refractivity contribution in [2.24, 2.45) is 5.73 Å². The maximum absolute atomic E-state index is 12.8. The Morgan fingerprint density at radius 2 is 2.00 bits per heavy atom. The topological polar surface area (TPSA) is 55.1 Å². The van der Waals surface area contributed by atoms with Gasteiger partial charge in [-0.1, -0.05) is 0 Å². The molecule has 3 nitrogen and oxygen atoms in total. The lowest BCUT2D eigenvalue weighted by Crippen LogP contribution is -2.38. The first kappa shape index (κ1) is 14.9. The van der Waals surface area contributed by atoms with E-state index in [-0.39, 0.29) is 18.4 Å². The van der Waals surface area contributed by atoms with Gasteiger partial charge in [-0.3, -0.25) is 4.79 Å². The molecule has 0 fully saturated rings. The van der Waals surface area contributed by atoms with Crippen molar-refractivity contribution < 1.29 is 9.18 Å². The molecule has 0 spiro atoms. The monoisotopic (exact) mass is 210 g/mol. The van der Waals surface area contributed by atoms with Crippen LogP contribution in [0.15, 0.2) is 11.4 Å². The van der Waals surface area contributed by atoms with Crippen molar-refractivity contribution in [1.82, 2.24) is 5.32 Å². The highest BCUT2D eigenvalue weighted by Crippen LogP contribution is 2.04. The average molecular weight is 211 g/mol. The molecule has 0 bridgehead atoms. The number of hydrogen-bond donors (Lipinski definition) is 2. The van der Waals surface area contributed by atoms with Crippen LogP contribution >= 0.6 is 12.4 Å². The molecule has 0 aromatic carbocycles. The van der Waals surface area contributed by atoms with E-state index in [2.05, 4.69) is 5.32 Å². The Bertz CT molecular complexity index is 202. The molecule has 0 saturated heterocycles. The Morgan fingerprint density at radius 1 is 1.54 bits per heavy atom. The summed E-state index contributed by atoms with van der Waals surface area (Å²) in [6.07, 6.45) is 0. The largest absolute Gasteiger partial charge is 0.346 e. The Labute approximate surface area is 84.0 Å². The van der Waals surface area contributed by atoms with E-state index in [9.17, 15) is 9.18 Å². The van der Waals surface area contributed by atoms with Crippen LogP contribution in [0.4, 0.5) is 4.39 Å². The highest BCUT2D eigenvalue weighted by Gasteiger charge is 2.11. The number of rotatable bonds is 3. The van der Waals surface area contributed by atoms with Crippen molar-refractivity contribution in [2.45, 2.75) is 26.8 Å². The molecule has 0 aromatic heterocycles. The number of halogens is 2. The highest BCUT2D eigenvalue weighted by atomic mass is 35.5. The van der Waals surface area contributed by atoms with Crippen molar-refractivity contribution in [1.29, 1.82) is 0 Å². The lowest BCUT2D eigenvalue weighted by molar-refractivity contribution is -0.119. The van der Waals surface area contributed by atoms with Gasteiger partial charge in [0.1, 0.15) is 0 Å². The van der Waals surface area contributed by atoms with Crippen molar-refractivity contribution in [3.05, 3.63) is 11.4 Å². The van der Waals surface area contributed by atoms with Gasteiger partial charge in [0, 0.05) is 12.6 Å². The fraction of sp³-hybridized carbons (Fsp3) is 0.625. The summed E-state index contributed by atoms with van der Waals surface area (Å²) in [5, 5.41) is 2.41. The summed E-state index contributed by atoms with van der Waals surface area (Å²) in [7, 11) is 0. The van der Waals surface area contributed by atoms with Crippen molar-refractivity contribution >= 4 is 18.3 Å². The van der Waals surface area contributed by atoms with E-state index in [4.69, 9.17) is 5.73 Å². The third-order valence-corrected chi connectivity index (χ3v) is 1.37. The van der Waals surface area contributed by atoms with Gasteiger partial charge in [0.2, 0.25) is 0 Å². The number of amides is 1. The summed E-state index contributed by atoms with van der Waals surface area (Å²) in [4.78, 5) is 11.0. The van der Waals surface area contributed by atoms with E-state index in [0.29, 0.717) is 12.1 Å². The first-order chi connectivity index (χ1) is 5.49. The van der Waals surface area contributed by atoms with E-state index in [1.807, 2.05) is 0 Å². The predicted molar refractivity (Wildman–Crippen MR) is 53.4 cm³/mol. The van der Waals surface area contributed by atoms with Crippen LogP contribution in [-0.2, 0) is 4.79 Å². The zero-order chi connectivity index (χ0) is 9.72. The van der Waals surface area contributed by atoms with Gasteiger partial charge in [-0.15, -0.1) is 12.4 Å². The van der Waals surface area contributed by atoms with Crippen LogP contribution in [0.25, 0.3) is 0 Å². The first-order valence-electron chi connectivity index (χ1n) is 3.83. The third kappa shape index (κ3) is 5.60. The minimum absolute atomic E-state index is 0.